The van der Waals surface area contributed by atoms with Gasteiger partial charge in [0.15, 0.2) is 0 Å². The summed E-state index contributed by atoms with van der Waals surface area (Å²) in [4.78, 5) is 28.6. The molecule has 0 saturated carbocycles. The first-order valence-electron chi connectivity index (χ1n) is 9.55. The molecule has 2 saturated heterocycles. The maximum Gasteiger partial charge on any atom is 0.253 e. The molecule has 1 atom stereocenters. The molecular weight excluding hydrogens is 330 g/mol. The summed E-state index contributed by atoms with van der Waals surface area (Å²) in [6.45, 7) is 4.68. The van der Waals surface area contributed by atoms with E-state index < -0.39 is 0 Å². The van der Waals surface area contributed by atoms with E-state index in [2.05, 4.69) is 17.4 Å². The molecule has 1 N–H and O–H groups in total. The molecule has 6 nitrogen and oxygen atoms in total. The van der Waals surface area contributed by atoms with Crippen molar-refractivity contribution in [1.29, 1.82) is 0 Å². The van der Waals surface area contributed by atoms with Crippen LogP contribution in [0.25, 0.3) is 0 Å². The van der Waals surface area contributed by atoms with Crippen molar-refractivity contribution in [2.45, 2.75) is 25.2 Å². The van der Waals surface area contributed by atoms with E-state index in [1.807, 2.05) is 17.0 Å². The molecule has 2 aliphatic rings. The second-order valence-corrected chi connectivity index (χ2v) is 7.13. The molecule has 1 aromatic carbocycles. The van der Waals surface area contributed by atoms with Gasteiger partial charge in [-0.25, -0.2) is 0 Å². The van der Waals surface area contributed by atoms with E-state index in [9.17, 15) is 9.59 Å². The lowest BCUT2D eigenvalue weighted by atomic mass is 9.90. The van der Waals surface area contributed by atoms with Gasteiger partial charge in [-0.3, -0.25) is 9.59 Å². The van der Waals surface area contributed by atoms with Crippen LogP contribution in [0.2, 0.25) is 0 Å². The molecule has 3 rings (SSSR count). The van der Waals surface area contributed by atoms with Gasteiger partial charge >= 0.3 is 0 Å². The number of piperidine rings is 1. The summed E-state index contributed by atoms with van der Waals surface area (Å²) in [5, 5.41) is 3.44. The minimum absolute atomic E-state index is 0.00593. The molecular formula is C20H29N3O3. The summed E-state index contributed by atoms with van der Waals surface area (Å²) in [5.41, 5.74) is 2.00. The molecule has 2 heterocycles. The van der Waals surface area contributed by atoms with Crippen LogP contribution in [0, 0.1) is 0 Å². The summed E-state index contributed by atoms with van der Waals surface area (Å²) < 4.78 is 4.94. The maximum absolute atomic E-state index is 13.0. The fourth-order valence-electron chi connectivity index (χ4n) is 3.83. The quantitative estimate of drug-likeness (QED) is 0.884. The average Bonchev–Trinajstić information content (AvgIpc) is 2.95. The number of hydrogen-bond acceptors (Lipinski definition) is 4. The highest BCUT2D eigenvalue weighted by atomic mass is 16.5. The number of rotatable bonds is 4. The molecule has 2 fully saturated rings. The second kappa shape index (κ2) is 9.14. The molecule has 1 aromatic rings. The molecule has 26 heavy (non-hydrogen) atoms. The van der Waals surface area contributed by atoms with Crippen LogP contribution in [0.1, 0.15) is 41.1 Å². The highest BCUT2D eigenvalue weighted by Crippen LogP contribution is 2.24. The van der Waals surface area contributed by atoms with Gasteiger partial charge in [-0.15, -0.1) is 0 Å². The molecule has 2 aliphatic heterocycles. The first-order valence-corrected chi connectivity index (χ1v) is 9.55. The monoisotopic (exact) mass is 359 g/mol. The molecule has 2 amide bonds. The Labute approximate surface area is 155 Å². The number of carbonyl (C=O) groups is 2. The Bertz CT molecular complexity index is 628. The second-order valence-electron chi connectivity index (χ2n) is 7.13. The number of nitrogens with zero attached hydrogens (tertiary/aromatic N) is 2. The number of nitrogens with one attached hydrogen (secondary N) is 1. The van der Waals surface area contributed by atoms with Crippen molar-refractivity contribution in [3.8, 4) is 0 Å². The summed E-state index contributed by atoms with van der Waals surface area (Å²) in [5.74, 6) is 0.549. The van der Waals surface area contributed by atoms with E-state index >= 15 is 0 Å². The van der Waals surface area contributed by atoms with Crippen molar-refractivity contribution >= 4 is 11.8 Å². The molecule has 0 unspecified atom stereocenters. The van der Waals surface area contributed by atoms with Gasteiger partial charge in [0.05, 0.1) is 0 Å². The van der Waals surface area contributed by atoms with Gasteiger partial charge in [0.1, 0.15) is 6.61 Å². The van der Waals surface area contributed by atoms with Crippen LogP contribution in [0.3, 0.4) is 0 Å². The molecule has 0 bridgehead atoms. The minimum Gasteiger partial charge on any atom is -0.375 e. The zero-order valence-electron chi connectivity index (χ0n) is 15.6. The standard InChI is InChI=1S/C20H29N3O3/c1-26-15-19(24)22-9-4-10-23(12-11-22)20(25)17-6-2-5-16(13-17)18-7-3-8-21-14-18/h2,5-6,13,18,21H,3-4,7-12,14-15H2,1H3/t18-/m0/s1. The van der Waals surface area contributed by atoms with Crippen LogP contribution in [0.4, 0.5) is 0 Å². The van der Waals surface area contributed by atoms with Crippen LogP contribution in [0.5, 0.6) is 0 Å². The van der Waals surface area contributed by atoms with E-state index in [-0.39, 0.29) is 18.4 Å². The molecule has 0 radical (unpaired) electrons. The van der Waals surface area contributed by atoms with E-state index in [1.54, 1.807) is 4.90 Å². The van der Waals surface area contributed by atoms with Gasteiger partial charge in [0.25, 0.3) is 5.91 Å². The van der Waals surface area contributed by atoms with Crippen LogP contribution >= 0.6 is 0 Å². The van der Waals surface area contributed by atoms with Crippen molar-refractivity contribution in [2.75, 3.05) is 53.0 Å². The highest BCUT2D eigenvalue weighted by molar-refractivity contribution is 5.94. The highest BCUT2D eigenvalue weighted by Gasteiger charge is 2.23. The predicted octanol–water partition coefficient (Wildman–Crippen LogP) is 1.47. The SMILES string of the molecule is COCC(=O)N1CCCN(C(=O)c2cccc([C@H]3CCCNC3)c2)CC1. The topological polar surface area (TPSA) is 61.9 Å². The first-order chi connectivity index (χ1) is 12.7. The van der Waals surface area contributed by atoms with Crippen molar-refractivity contribution in [2.24, 2.45) is 0 Å². The largest absolute Gasteiger partial charge is 0.375 e. The fraction of sp³-hybridized carbons (Fsp3) is 0.600. The average molecular weight is 359 g/mol. The zero-order chi connectivity index (χ0) is 18.4. The van der Waals surface area contributed by atoms with E-state index in [1.165, 1.54) is 25.5 Å². The van der Waals surface area contributed by atoms with Crippen molar-refractivity contribution in [1.82, 2.24) is 15.1 Å². The smallest absolute Gasteiger partial charge is 0.253 e. The lowest BCUT2D eigenvalue weighted by molar-refractivity contribution is -0.135. The number of ether oxygens (including phenoxy) is 1. The third-order valence-electron chi connectivity index (χ3n) is 5.31. The van der Waals surface area contributed by atoms with Gasteiger partial charge in [-0.1, -0.05) is 12.1 Å². The van der Waals surface area contributed by atoms with Crippen molar-refractivity contribution in [3.63, 3.8) is 0 Å². The van der Waals surface area contributed by atoms with Crippen LogP contribution in [-0.4, -0.2) is 74.6 Å². The first kappa shape index (κ1) is 18.9. The maximum atomic E-state index is 13.0. The van der Waals surface area contributed by atoms with E-state index in [0.717, 1.165) is 25.1 Å². The normalized spacial score (nSPS) is 21.3. The Morgan fingerprint density at radius 1 is 1.15 bits per heavy atom. The molecule has 0 aromatic heterocycles. The summed E-state index contributed by atoms with van der Waals surface area (Å²) in [6, 6.07) is 8.07. The number of methoxy groups -OCH3 is 1. The minimum atomic E-state index is -0.00593. The number of carbonyl (C=O) groups excluding carboxylic acids is 2. The molecule has 0 aliphatic carbocycles. The van der Waals surface area contributed by atoms with Crippen molar-refractivity contribution < 1.29 is 14.3 Å². The van der Waals surface area contributed by atoms with Gasteiger partial charge < -0.3 is 19.9 Å². The number of benzene rings is 1. The van der Waals surface area contributed by atoms with E-state index in [0.29, 0.717) is 32.1 Å². The lowest BCUT2D eigenvalue weighted by Crippen LogP contribution is -2.38. The van der Waals surface area contributed by atoms with Crippen molar-refractivity contribution in [3.05, 3.63) is 35.4 Å². The lowest BCUT2D eigenvalue weighted by Gasteiger charge is -2.25. The summed E-state index contributed by atoms with van der Waals surface area (Å²) in [6.07, 6.45) is 3.15. The van der Waals surface area contributed by atoms with Crippen LogP contribution < -0.4 is 5.32 Å². The third-order valence-corrected chi connectivity index (χ3v) is 5.31. The van der Waals surface area contributed by atoms with Gasteiger partial charge in [0.2, 0.25) is 5.91 Å². The third kappa shape index (κ3) is 4.62. The number of amides is 2. The molecule has 0 spiro atoms. The Kier molecular flexibility index (Phi) is 6.63. The Balaban J connectivity index is 1.64. The Morgan fingerprint density at radius 2 is 1.96 bits per heavy atom. The fourth-order valence-corrected chi connectivity index (χ4v) is 3.83. The zero-order valence-corrected chi connectivity index (χ0v) is 15.6. The van der Waals surface area contributed by atoms with Gasteiger partial charge in [-0.2, -0.15) is 0 Å². The predicted molar refractivity (Wildman–Crippen MR) is 100 cm³/mol. The van der Waals surface area contributed by atoms with Gasteiger partial charge in [0, 0.05) is 45.4 Å². The summed E-state index contributed by atoms with van der Waals surface area (Å²) >= 11 is 0. The summed E-state index contributed by atoms with van der Waals surface area (Å²) in [7, 11) is 1.53. The van der Waals surface area contributed by atoms with Crippen LogP contribution in [0.15, 0.2) is 24.3 Å². The van der Waals surface area contributed by atoms with Gasteiger partial charge in [-0.05, 0) is 49.4 Å². The Morgan fingerprint density at radius 3 is 2.73 bits per heavy atom. The van der Waals surface area contributed by atoms with Crippen LogP contribution in [-0.2, 0) is 9.53 Å². The molecule has 142 valence electrons. The molecule has 6 heteroatoms. The Hall–Kier alpha value is -1.92. The van der Waals surface area contributed by atoms with E-state index in [4.69, 9.17) is 4.74 Å². The number of hydrogen-bond donors (Lipinski definition) is 1.